The van der Waals surface area contributed by atoms with E-state index in [9.17, 15) is 13.6 Å². The molecule has 10 heteroatoms. The third-order valence-corrected chi connectivity index (χ3v) is 7.98. The summed E-state index contributed by atoms with van der Waals surface area (Å²) >= 11 is 0.769. The molecule has 1 aromatic heterocycles. The Morgan fingerprint density at radius 2 is 1.98 bits per heavy atom. The van der Waals surface area contributed by atoms with Gasteiger partial charge in [-0.15, -0.1) is 0 Å². The van der Waals surface area contributed by atoms with Gasteiger partial charge in [0.1, 0.15) is 23.2 Å². The number of nitrogens with one attached hydrogen (secondary N) is 1. The first-order valence-corrected chi connectivity index (χ1v) is 13.8. The Morgan fingerprint density at radius 1 is 1.12 bits per heavy atom. The van der Waals surface area contributed by atoms with Crippen LogP contribution in [0.2, 0.25) is 0 Å². The molecular formula is C30H28F2N4O3S. The molecule has 2 unspecified atom stereocenters. The third kappa shape index (κ3) is 5.74. The molecule has 0 saturated heterocycles. The van der Waals surface area contributed by atoms with Crippen molar-refractivity contribution in [3.8, 4) is 5.75 Å². The molecule has 1 N–H and O–H groups in total. The Bertz CT molecular complexity index is 1510. The number of carbonyl (C=O) groups excluding carboxylic acids is 1. The van der Waals surface area contributed by atoms with Crippen LogP contribution < -0.4 is 14.6 Å². The highest BCUT2D eigenvalue weighted by Gasteiger charge is 2.46. The Labute approximate surface area is 235 Å². The number of halogens is 2. The average Bonchev–Trinajstić information content (AvgIpc) is 3.51. The minimum Gasteiger partial charge on any atom is -0.399 e. The molecule has 1 heterocycles. The number of aromatic nitrogens is 2. The van der Waals surface area contributed by atoms with Gasteiger partial charge in [0.2, 0.25) is 18.2 Å². The Balaban J connectivity index is 1.18. The molecule has 2 aliphatic carbocycles. The van der Waals surface area contributed by atoms with Crippen LogP contribution in [0.5, 0.6) is 5.75 Å². The molecule has 1 amide bonds. The van der Waals surface area contributed by atoms with Gasteiger partial charge in [0, 0.05) is 31.0 Å². The van der Waals surface area contributed by atoms with E-state index in [0.717, 1.165) is 47.8 Å². The zero-order valence-electron chi connectivity index (χ0n) is 21.8. The molecule has 206 valence electrons. The Kier molecular flexibility index (Phi) is 7.55. The fraction of sp³-hybridized carbons (Fsp3) is 0.267. The lowest BCUT2D eigenvalue weighted by Gasteiger charge is -2.24. The first-order valence-electron chi connectivity index (χ1n) is 13.1. The lowest BCUT2D eigenvalue weighted by molar-refractivity contribution is -0.120. The van der Waals surface area contributed by atoms with E-state index in [2.05, 4.69) is 16.5 Å². The summed E-state index contributed by atoms with van der Waals surface area (Å²) in [5.41, 5.74) is 6.91. The molecule has 6 rings (SSSR count). The SMILES string of the molecule is Cn1ccnc1CN(C(=O)C1CC1c1cccc(F)c1)c1ccc2c(c1)[C@H](NOSOc1ccc(F)cc1)CC2. The van der Waals surface area contributed by atoms with Gasteiger partial charge in [0.05, 0.1) is 12.6 Å². The second kappa shape index (κ2) is 11.4. The molecule has 0 aliphatic heterocycles. The van der Waals surface area contributed by atoms with Crippen LogP contribution in [0.3, 0.4) is 0 Å². The van der Waals surface area contributed by atoms with Crippen LogP contribution in [0.15, 0.2) is 79.1 Å². The van der Waals surface area contributed by atoms with Gasteiger partial charge >= 0.3 is 0 Å². The van der Waals surface area contributed by atoms with Gasteiger partial charge in [-0.1, -0.05) is 18.2 Å². The molecule has 3 atom stereocenters. The van der Waals surface area contributed by atoms with E-state index in [-0.39, 0.29) is 35.4 Å². The van der Waals surface area contributed by atoms with Crippen molar-refractivity contribution < 1.29 is 22.0 Å². The van der Waals surface area contributed by atoms with Gasteiger partial charge in [-0.3, -0.25) is 4.79 Å². The second-order valence-corrected chi connectivity index (χ2v) is 10.6. The Hall–Kier alpha value is -3.73. The van der Waals surface area contributed by atoms with Gasteiger partial charge in [0.25, 0.3) is 0 Å². The summed E-state index contributed by atoms with van der Waals surface area (Å²) in [6, 6.07) is 18.2. The van der Waals surface area contributed by atoms with Crippen LogP contribution in [0.1, 0.15) is 47.3 Å². The van der Waals surface area contributed by atoms with E-state index in [1.165, 1.54) is 42.0 Å². The van der Waals surface area contributed by atoms with Crippen molar-refractivity contribution in [1.29, 1.82) is 0 Å². The van der Waals surface area contributed by atoms with E-state index in [4.69, 9.17) is 8.47 Å². The summed E-state index contributed by atoms with van der Waals surface area (Å²) in [5, 5.41) is 0. The van der Waals surface area contributed by atoms with Gasteiger partial charge in [-0.25, -0.2) is 13.8 Å². The standard InChI is InChI=1S/C30H28F2N4O3S/c1-35-14-13-33-29(35)18-36(30(37)27-17-25(27)20-3-2-4-22(32)15-20)23-9-5-19-6-12-28(26(19)16-23)34-39-40-38-24-10-7-21(31)8-11-24/h2-5,7-11,13-16,25,27-28,34H,6,12,17-18H2,1H3/t25?,27?,28-/m1/s1. The highest BCUT2D eigenvalue weighted by Crippen LogP contribution is 2.49. The number of fused-ring (bicyclic) bond motifs is 1. The maximum Gasteiger partial charge on any atom is 0.244 e. The molecule has 3 aromatic carbocycles. The van der Waals surface area contributed by atoms with Gasteiger partial charge in [0.15, 0.2) is 0 Å². The maximum atomic E-state index is 13.9. The van der Waals surface area contributed by atoms with Gasteiger partial charge in [-0.2, -0.15) is 9.76 Å². The summed E-state index contributed by atoms with van der Waals surface area (Å²) in [4.78, 5) is 20.1. The summed E-state index contributed by atoms with van der Waals surface area (Å²) in [6.45, 7) is 0.323. The summed E-state index contributed by atoms with van der Waals surface area (Å²) in [7, 11) is 1.91. The minimum atomic E-state index is -0.337. The predicted molar refractivity (Wildman–Crippen MR) is 148 cm³/mol. The monoisotopic (exact) mass is 562 g/mol. The minimum absolute atomic E-state index is 0.000722. The summed E-state index contributed by atoms with van der Waals surface area (Å²) in [6.07, 6.45) is 5.96. The van der Waals surface area contributed by atoms with E-state index in [1.807, 2.05) is 36.0 Å². The van der Waals surface area contributed by atoms with Crippen molar-refractivity contribution in [1.82, 2.24) is 15.0 Å². The normalized spacial score (nSPS) is 19.3. The predicted octanol–water partition coefficient (Wildman–Crippen LogP) is 6.19. The lowest BCUT2D eigenvalue weighted by Crippen LogP contribution is -2.33. The zero-order chi connectivity index (χ0) is 27.6. The fourth-order valence-electron chi connectivity index (χ4n) is 5.26. The number of rotatable bonds is 10. The highest BCUT2D eigenvalue weighted by atomic mass is 32.2. The molecule has 1 fully saturated rings. The number of hydrogen-bond donors (Lipinski definition) is 1. The van der Waals surface area contributed by atoms with Crippen LogP contribution in [0.25, 0.3) is 0 Å². The maximum absolute atomic E-state index is 13.9. The van der Waals surface area contributed by atoms with E-state index in [1.54, 1.807) is 17.2 Å². The largest absolute Gasteiger partial charge is 0.399 e. The van der Waals surface area contributed by atoms with E-state index >= 15 is 0 Å². The van der Waals surface area contributed by atoms with E-state index in [0.29, 0.717) is 18.7 Å². The smallest absolute Gasteiger partial charge is 0.244 e. The van der Waals surface area contributed by atoms with Gasteiger partial charge in [-0.05, 0) is 90.4 Å². The van der Waals surface area contributed by atoms with Crippen molar-refractivity contribution in [3.63, 3.8) is 0 Å². The first-order chi connectivity index (χ1) is 19.5. The molecule has 0 bridgehead atoms. The summed E-state index contributed by atoms with van der Waals surface area (Å²) in [5.74, 6) is 0.401. The van der Waals surface area contributed by atoms with Crippen LogP contribution in [0, 0.1) is 17.6 Å². The molecule has 1 saturated carbocycles. The molecule has 0 radical (unpaired) electrons. The number of hydroxylamine groups is 1. The third-order valence-electron chi connectivity index (χ3n) is 7.56. The number of carbonyl (C=O) groups is 1. The molecule has 0 spiro atoms. The quantitative estimate of drug-likeness (QED) is 0.141. The number of hydrogen-bond acceptors (Lipinski definition) is 6. The average molecular weight is 563 g/mol. The molecular weight excluding hydrogens is 534 g/mol. The molecule has 2 aliphatic rings. The second-order valence-electron chi connectivity index (χ2n) is 10.2. The molecule has 4 aromatic rings. The Morgan fingerprint density at radius 3 is 2.75 bits per heavy atom. The van der Waals surface area contributed by atoms with Gasteiger partial charge < -0.3 is 13.7 Å². The highest BCUT2D eigenvalue weighted by molar-refractivity contribution is 7.90. The van der Waals surface area contributed by atoms with Crippen LogP contribution in [0.4, 0.5) is 14.5 Å². The molecule has 40 heavy (non-hydrogen) atoms. The summed E-state index contributed by atoms with van der Waals surface area (Å²) < 4.78 is 39.8. The first kappa shape index (κ1) is 26.5. The van der Waals surface area contributed by atoms with Crippen LogP contribution in [-0.2, 0) is 29.1 Å². The van der Waals surface area contributed by atoms with Crippen molar-refractivity contribution in [2.45, 2.75) is 37.8 Å². The van der Waals surface area contributed by atoms with E-state index < -0.39 is 0 Å². The van der Waals surface area contributed by atoms with Crippen molar-refractivity contribution >= 4 is 23.9 Å². The number of benzene rings is 3. The number of imidazole rings is 1. The topological polar surface area (TPSA) is 68.6 Å². The van der Waals surface area contributed by atoms with Crippen LogP contribution in [-0.4, -0.2) is 15.5 Å². The van der Waals surface area contributed by atoms with Crippen molar-refractivity contribution in [2.75, 3.05) is 4.90 Å². The number of aryl methyl sites for hydroxylation is 2. The number of anilines is 1. The number of amides is 1. The number of nitrogens with zero attached hydrogens (tertiary/aromatic N) is 3. The van der Waals surface area contributed by atoms with Crippen LogP contribution >= 0.6 is 12.3 Å². The fourth-order valence-corrected chi connectivity index (χ4v) is 5.64. The zero-order valence-corrected chi connectivity index (χ0v) is 22.6. The van der Waals surface area contributed by atoms with Crippen molar-refractivity contribution in [2.24, 2.45) is 13.0 Å². The molecule has 7 nitrogen and oxygen atoms in total. The lowest BCUT2D eigenvalue weighted by atomic mass is 10.1. The van der Waals surface area contributed by atoms with Crippen molar-refractivity contribution in [3.05, 3.63) is 113 Å².